The van der Waals surface area contributed by atoms with Gasteiger partial charge in [-0.15, -0.1) is 0 Å². The predicted octanol–water partition coefficient (Wildman–Crippen LogP) is 2.96. The third-order valence-corrected chi connectivity index (χ3v) is 3.53. The molecule has 0 radical (unpaired) electrons. The number of hydrogen-bond donors (Lipinski definition) is 2. The molecule has 0 bridgehead atoms. The molecule has 3 N–H and O–H groups in total. The van der Waals surface area contributed by atoms with Crippen LogP contribution in [0.15, 0.2) is 47.4 Å². The first-order chi connectivity index (χ1) is 8.89. The summed E-state index contributed by atoms with van der Waals surface area (Å²) >= 11 is 5.93. The molecule has 0 heterocycles. The minimum Gasteiger partial charge on any atom is -0.452 e. The second-order valence-corrected chi connectivity index (χ2v) is 5.48. The first kappa shape index (κ1) is 13.7. The Hall–Kier alpha value is -1.76. The lowest BCUT2D eigenvalue weighted by molar-refractivity contribution is 0.451. The summed E-state index contributed by atoms with van der Waals surface area (Å²) in [5.74, 6) is 0.0880. The van der Waals surface area contributed by atoms with E-state index in [4.69, 9.17) is 26.6 Å². The highest BCUT2D eigenvalue weighted by molar-refractivity contribution is 7.86. The summed E-state index contributed by atoms with van der Waals surface area (Å²) in [7, 11) is -4.39. The van der Waals surface area contributed by atoms with E-state index < -0.39 is 10.1 Å². The van der Waals surface area contributed by atoms with E-state index in [0.717, 1.165) is 0 Å². The Balaban J connectivity index is 2.51. The molecule has 19 heavy (non-hydrogen) atoms. The molecule has 0 aliphatic heterocycles. The number of para-hydroxylation sites is 2. The van der Waals surface area contributed by atoms with E-state index in [1.54, 1.807) is 24.3 Å². The zero-order chi connectivity index (χ0) is 14.0. The van der Waals surface area contributed by atoms with Gasteiger partial charge in [-0.1, -0.05) is 29.8 Å². The van der Waals surface area contributed by atoms with Gasteiger partial charge < -0.3 is 10.5 Å². The van der Waals surface area contributed by atoms with Gasteiger partial charge in [0.05, 0.1) is 10.7 Å². The van der Waals surface area contributed by atoms with Gasteiger partial charge in [-0.25, -0.2) is 0 Å². The van der Waals surface area contributed by atoms with Crippen LogP contribution in [0.4, 0.5) is 5.69 Å². The third kappa shape index (κ3) is 2.98. The average Bonchev–Trinajstić information content (AvgIpc) is 2.33. The molecule has 100 valence electrons. The second kappa shape index (κ2) is 5.08. The second-order valence-electron chi connectivity index (χ2n) is 3.68. The molecule has 2 rings (SSSR count). The molecule has 0 fully saturated rings. The lowest BCUT2D eigenvalue weighted by atomic mass is 10.3. The third-order valence-electron chi connectivity index (χ3n) is 2.34. The minimum absolute atomic E-state index is 0.0511. The van der Waals surface area contributed by atoms with Gasteiger partial charge in [0.15, 0.2) is 5.75 Å². The van der Waals surface area contributed by atoms with Crippen molar-refractivity contribution in [3.63, 3.8) is 0 Å². The fourth-order valence-corrected chi connectivity index (χ4v) is 2.33. The first-order valence-corrected chi connectivity index (χ1v) is 7.00. The van der Waals surface area contributed by atoms with Crippen LogP contribution in [0.2, 0.25) is 5.02 Å². The topological polar surface area (TPSA) is 89.6 Å². The molecule has 0 atom stereocenters. The fraction of sp³-hybridized carbons (Fsp3) is 0. The van der Waals surface area contributed by atoms with Crippen molar-refractivity contribution in [3.05, 3.63) is 47.5 Å². The molecule has 7 heteroatoms. The van der Waals surface area contributed by atoms with Gasteiger partial charge in [0.25, 0.3) is 10.1 Å². The molecule has 2 aromatic rings. The zero-order valence-electron chi connectivity index (χ0n) is 9.58. The van der Waals surface area contributed by atoms with E-state index in [2.05, 4.69) is 0 Å². The van der Waals surface area contributed by atoms with E-state index in [1.807, 2.05) is 0 Å². The largest absolute Gasteiger partial charge is 0.452 e. The number of halogens is 1. The van der Waals surface area contributed by atoms with Crippen LogP contribution in [0, 0.1) is 0 Å². The molecule has 5 nitrogen and oxygen atoms in total. The summed E-state index contributed by atoms with van der Waals surface area (Å²) in [5.41, 5.74) is 5.97. The number of nitrogens with two attached hydrogens (primary N) is 1. The van der Waals surface area contributed by atoms with Crippen LogP contribution in [0.5, 0.6) is 11.5 Å². The molecule has 0 saturated carbocycles. The lowest BCUT2D eigenvalue weighted by Gasteiger charge is -2.12. The Labute approximate surface area is 115 Å². The number of benzene rings is 2. The highest BCUT2D eigenvalue weighted by Crippen LogP contribution is 2.36. The van der Waals surface area contributed by atoms with E-state index in [1.165, 1.54) is 18.2 Å². The van der Waals surface area contributed by atoms with Crippen LogP contribution in [-0.4, -0.2) is 13.0 Å². The highest BCUT2D eigenvalue weighted by Gasteiger charge is 2.18. The first-order valence-electron chi connectivity index (χ1n) is 5.18. The molecular weight excluding hydrogens is 290 g/mol. The minimum atomic E-state index is -4.39. The number of anilines is 1. The van der Waals surface area contributed by atoms with E-state index in [-0.39, 0.29) is 27.1 Å². The van der Waals surface area contributed by atoms with Crippen LogP contribution >= 0.6 is 11.6 Å². The van der Waals surface area contributed by atoms with Gasteiger partial charge >= 0.3 is 0 Å². The van der Waals surface area contributed by atoms with Gasteiger partial charge in [-0.05, 0) is 24.3 Å². The number of ether oxygens (including phenoxy) is 1. The van der Waals surface area contributed by atoms with Crippen molar-refractivity contribution in [2.75, 3.05) is 5.73 Å². The standard InChI is InChI=1S/C12H10ClNO4S/c13-8-4-3-5-9(14)12(8)18-10-6-1-2-7-11(10)19(15,16)17/h1-7H,14H2,(H,15,16,17). The summed E-state index contributed by atoms with van der Waals surface area (Å²) < 4.78 is 37.0. The molecule has 0 amide bonds. The van der Waals surface area contributed by atoms with Crippen LogP contribution in [-0.2, 0) is 10.1 Å². The van der Waals surface area contributed by atoms with Gasteiger partial charge in [-0.3, -0.25) is 4.55 Å². The van der Waals surface area contributed by atoms with Crippen molar-refractivity contribution in [2.45, 2.75) is 4.90 Å². The quantitative estimate of drug-likeness (QED) is 0.672. The Bertz CT molecular complexity index is 695. The van der Waals surface area contributed by atoms with Crippen molar-refractivity contribution >= 4 is 27.4 Å². The van der Waals surface area contributed by atoms with Crippen molar-refractivity contribution < 1.29 is 17.7 Å². The van der Waals surface area contributed by atoms with Gasteiger partial charge in [-0.2, -0.15) is 8.42 Å². The number of hydrogen-bond acceptors (Lipinski definition) is 4. The number of rotatable bonds is 3. The summed E-state index contributed by atoms with van der Waals surface area (Å²) in [4.78, 5) is -0.352. The number of nitrogen functional groups attached to an aromatic ring is 1. The summed E-state index contributed by atoms with van der Waals surface area (Å²) in [6, 6.07) is 10.4. The smallest absolute Gasteiger partial charge is 0.298 e. The zero-order valence-corrected chi connectivity index (χ0v) is 11.1. The SMILES string of the molecule is Nc1cccc(Cl)c1Oc1ccccc1S(=O)(=O)O. The van der Waals surface area contributed by atoms with Crippen LogP contribution in [0.1, 0.15) is 0 Å². The summed E-state index contributed by atoms with van der Waals surface area (Å²) in [5, 5.41) is 0.241. The normalized spacial score (nSPS) is 11.3. The monoisotopic (exact) mass is 299 g/mol. The van der Waals surface area contributed by atoms with Crippen molar-refractivity contribution in [1.29, 1.82) is 0 Å². The molecule has 0 unspecified atom stereocenters. The predicted molar refractivity (Wildman–Crippen MR) is 72.2 cm³/mol. The molecule has 0 aliphatic carbocycles. The molecule has 2 aromatic carbocycles. The molecule has 0 spiro atoms. The van der Waals surface area contributed by atoms with E-state index in [9.17, 15) is 8.42 Å². The van der Waals surface area contributed by atoms with Crippen LogP contribution < -0.4 is 10.5 Å². The van der Waals surface area contributed by atoms with E-state index >= 15 is 0 Å². The highest BCUT2D eigenvalue weighted by atomic mass is 35.5. The lowest BCUT2D eigenvalue weighted by Crippen LogP contribution is -2.02. The van der Waals surface area contributed by atoms with Crippen molar-refractivity contribution in [3.8, 4) is 11.5 Å². The van der Waals surface area contributed by atoms with Crippen molar-refractivity contribution in [2.24, 2.45) is 0 Å². The van der Waals surface area contributed by atoms with Gasteiger partial charge in [0.2, 0.25) is 0 Å². The maximum atomic E-state index is 11.2. The fourth-order valence-electron chi connectivity index (χ4n) is 1.49. The Kier molecular flexibility index (Phi) is 3.66. The Morgan fingerprint density at radius 1 is 1.11 bits per heavy atom. The maximum Gasteiger partial charge on any atom is 0.298 e. The molecule has 0 aliphatic rings. The van der Waals surface area contributed by atoms with Gasteiger partial charge in [0.1, 0.15) is 10.6 Å². The van der Waals surface area contributed by atoms with Crippen LogP contribution in [0.3, 0.4) is 0 Å². The van der Waals surface area contributed by atoms with Crippen molar-refractivity contribution in [1.82, 2.24) is 0 Å². The summed E-state index contributed by atoms with van der Waals surface area (Å²) in [6.45, 7) is 0. The molecule has 0 saturated heterocycles. The Morgan fingerprint density at radius 2 is 1.79 bits per heavy atom. The molecule has 0 aromatic heterocycles. The Morgan fingerprint density at radius 3 is 2.42 bits per heavy atom. The van der Waals surface area contributed by atoms with E-state index in [0.29, 0.717) is 0 Å². The van der Waals surface area contributed by atoms with Gasteiger partial charge in [0, 0.05) is 0 Å². The molecular formula is C12H10ClNO4S. The summed E-state index contributed by atoms with van der Waals surface area (Å²) in [6.07, 6.45) is 0. The average molecular weight is 300 g/mol. The van der Waals surface area contributed by atoms with Crippen LogP contribution in [0.25, 0.3) is 0 Å². The maximum absolute atomic E-state index is 11.2.